The van der Waals surface area contributed by atoms with Crippen molar-refractivity contribution < 1.29 is 4.74 Å². The molecule has 0 N–H and O–H groups in total. The first-order valence-corrected chi connectivity index (χ1v) is 14.7. The first kappa shape index (κ1) is 25.8. The number of aryl methyl sites for hydroxylation is 1. The largest absolute Gasteiger partial charge is 0.456 e. The minimum Gasteiger partial charge on any atom is -0.456 e. The Kier molecular flexibility index (Phi) is 6.13. The van der Waals surface area contributed by atoms with Gasteiger partial charge >= 0.3 is 0 Å². The number of ether oxygens (including phenoxy) is 1. The van der Waals surface area contributed by atoms with Crippen molar-refractivity contribution in [1.29, 1.82) is 0 Å². The molecule has 1 aromatic heterocycles. The van der Waals surface area contributed by atoms with Crippen LogP contribution in [0.1, 0.15) is 5.56 Å². The summed E-state index contributed by atoms with van der Waals surface area (Å²) >= 11 is 0. The van der Waals surface area contributed by atoms with E-state index < -0.39 is 0 Å². The van der Waals surface area contributed by atoms with E-state index in [1.807, 2.05) is 79.0 Å². The number of pyridine rings is 1. The summed E-state index contributed by atoms with van der Waals surface area (Å²) in [6, 6.07) is 49.2. The number of rotatable bonds is 2. The van der Waals surface area contributed by atoms with Crippen LogP contribution in [-0.2, 0) is 0 Å². The van der Waals surface area contributed by atoms with Gasteiger partial charge < -0.3 is 9.64 Å². The summed E-state index contributed by atoms with van der Waals surface area (Å²) in [4.78, 5) is 16.1. The van der Waals surface area contributed by atoms with Gasteiger partial charge in [-0.05, 0) is 72.5 Å². The number of nitrogens with zero attached hydrogens (tertiary/aromatic N) is 2. The van der Waals surface area contributed by atoms with Gasteiger partial charge in [0.15, 0.2) is 0 Å². The van der Waals surface area contributed by atoms with Crippen molar-refractivity contribution in [1.82, 2.24) is 4.57 Å². The Balaban J connectivity index is 1.43. The summed E-state index contributed by atoms with van der Waals surface area (Å²) in [6.07, 6.45) is 1.94. The lowest BCUT2D eigenvalue weighted by molar-refractivity contribution is 0.486. The number of hydrogen-bond acceptors (Lipinski definition) is 3. The van der Waals surface area contributed by atoms with E-state index in [1.54, 1.807) is 4.57 Å². The lowest BCUT2D eigenvalue weighted by atomic mass is 9.96. The lowest BCUT2D eigenvalue weighted by Gasteiger charge is -2.31. The minimum atomic E-state index is -0.0369. The van der Waals surface area contributed by atoms with Crippen molar-refractivity contribution in [2.75, 3.05) is 4.90 Å². The van der Waals surface area contributed by atoms with Crippen LogP contribution in [-0.4, -0.2) is 4.57 Å². The molecule has 0 fully saturated rings. The van der Waals surface area contributed by atoms with Gasteiger partial charge in [0.25, 0.3) is 5.56 Å². The van der Waals surface area contributed by atoms with E-state index in [0.717, 1.165) is 67.5 Å². The summed E-state index contributed by atoms with van der Waals surface area (Å²) in [5, 5.41) is 1.61. The van der Waals surface area contributed by atoms with Gasteiger partial charge in [0.1, 0.15) is 11.5 Å². The molecule has 4 heteroatoms. The molecule has 0 aliphatic carbocycles. The molecule has 210 valence electrons. The second kappa shape index (κ2) is 10.4. The van der Waals surface area contributed by atoms with E-state index in [2.05, 4.69) is 84.6 Å². The van der Waals surface area contributed by atoms with E-state index in [-0.39, 0.29) is 5.56 Å². The predicted octanol–water partition coefficient (Wildman–Crippen LogP) is 10.2. The van der Waals surface area contributed by atoms with Gasteiger partial charge in [0, 0.05) is 45.2 Å². The van der Waals surface area contributed by atoms with E-state index in [0.29, 0.717) is 5.39 Å². The molecular formula is C40H28N2O2. The second-order valence-corrected chi connectivity index (χ2v) is 11.0. The van der Waals surface area contributed by atoms with E-state index in [9.17, 15) is 4.79 Å². The molecule has 0 unspecified atom stereocenters. The zero-order valence-corrected chi connectivity index (χ0v) is 24.1. The Morgan fingerprint density at radius 2 is 1.02 bits per heavy atom. The first-order valence-electron chi connectivity index (χ1n) is 14.7. The minimum absolute atomic E-state index is 0.0369. The van der Waals surface area contributed by atoms with Gasteiger partial charge in [-0.15, -0.1) is 0 Å². The van der Waals surface area contributed by atoms with Gasteiger partial charge in [-0.2, -0.15) is 0 Å². The molecule has 6 aromatic carbocycles. The van der Waals surface area contributed by atoms with Crippen LogP contribution in [0.4, 0.5) is 17.1 Å². The highest BCUT2D eigenvalue weighted by Gasteiger charge is 2.25. The molecule has 0 atom stereocenters. The molecule has 0 bridgehead atoms. The third kappa shape index (κ3) is 4.19. The van der Waals surface area contributed by atoms with E-state index in [4.69, 9.17) is 4.74 Å². The summed E-state index contributed by atoms with van der Waals surface area (Å²) in [5.41, 5.74) is 8.95. The SMILES string of the molecule is Cc1cn(-c2ccccc2)c(=O)c2ccc(N3c4ccccc4-c4ccccc4Oc4ccccc4-c4ccccc43)cc12. The number of aromatic nitrogens is 1. The van der Waals surface area contributed by atoms with Gasteiger partial charge in [-0.3, -0.25) is 9.36 Å². The average Bonchev–Trinajstić information content (AvgIpc) is 3.08. The maximum atomic E-state index is 13.8. The molecule has 0 spiro atoms. The molecule has 0 amide bonds. The van der Waals surface area contributed by atoms with Crippen molar-refractivity contribution in [3.63, 3.8) is 0 Å². The highest BCUT2D eigenvalue weighted by molar-refractivity contribution is 5.98. The fourth-order valence-corrected chi connectivity index (χ4v) is 6.29. The van der Waals surface area contributed by atoms with Crippen LogP contribution in [0, 0.1) is 6.92 Å². The van der Waals surface area contributed by atoms with Crippen molar-refractivity contribution in [2.24, 2.45) is 0 Å². The Morgan fingerprint density at radius 3 is 1.64 bits per heavy atom. The van der Waals surface area contributed by atoms with Crippen molar-refractivity contribution in [3.05, 3.63) is 168 Å². The fraction of sp³-hybridized carbons (Fsp3) is 0.0250. The normalized spacial score (nSPS) is 12.0. The monoisotopic (exact) mass is 568 g/mol. The van der Waals surface area contributed by atoms with E-state index in [1.165, 1.54) is 0 Å². The Hall–Kier alpha value is -5.87. The second-order valence-electron chi connectivity index (χ2n) is 11.0. The number of para-hydroxylation sites is 5. The van der Waals surface area contributed by atoms with Crippen LogP contribution in [0.2, 0.25) is 0 Å². The molecule has 0 saturated heterocycles. The number of fused-ring (bicyclic) bond motifs is 7. The van der Waals surface area contributed by atoms with Crippen LogP contribution in [0.5, 0.6) is 11.5 Å². The average molecular weight is 569 g/mol. The molecule has 2 heterocycles. The summed E-state index contributed by atoms with van der Waals surface area (Å²) < 4.78 is 8.39. The number of benzene rings is 6. The van der Waals surface area contributed by atoms with Crippen molar-refractivity contribution >= 4 is 27.8 Å². The summed E-state index contributed by atoms with van der Waals surface area (Å²) in [7, 11) is 0. The smallest absolute Gasteiger partial charge is 0.262 e. The number of hydrogen-bond donors (Lipinski definition) is 0. The van der Waals surface area contributed by atoms with Crippen LogP contribution in [0.15, 0.2) is 157 Å². The Bertz CT molecular complexity index is 2160. The molecule has 44 heavy (non-hydrogen) atoms. The predicted molar refractivity (Wildman–Crippen MR) is 180 cm³/mol. The van der Waals surface area contributed by atoms with Crippen LogP contribution < -0.4 is 15.2 Å². The fourth-order valence-electron chi connectivity index (χ4n) is 6.29. The van der Waals surface area contributed by atoms with Gasteiger partial charge in [-0.25, -0.2) is 0 Å². The molecule has 0 saturated carbocycles. The third-order valence-electron chi connectivity index (χ3n) is 8.36. The maximum absolute atomic E-state index is 13.8. The standard InChI is InChI=1S/C40H28N2O2/c1-27-26-41(28-13-3-2-4-14-28)40(43)34-24-23-29(25-35(27)34)42-36-19-9-5-15-30(36)32-17-7-11-21-38(32)44-39-22-12-8-18-33(39)31-16-6-10-20-37(31)42/h2-26H,1H3. The van der Waals surface area contributed by atoms with Crippen molar-refractivity contribution in [3.8, 4) is 39.4 Å². The summed E-state index contributed by atoms with van der Waals surface area (Å²) in [5.74, 6) is 1.59. The summed E-state index contributed by atoms with van der Waals surface area (Å²) in [6.45, 7) is 2.07. The highest BCUT2D eigenvalue weighted by atomic mass is 16.5. The zero-order valence-electron chi connectivity index (χ0n) is 24.1. The first-order chi connectivity index (χ1) is 21.7. The van der Waals surface area contributed by atoms with Crippen molar-refractivity contribution in [2.45, 2.75) is 6.92 Å². The Morgan fingerprint density at radius 1 is 0.500 bits per heavy atom. The molecule has 7 aromatic rings. The van der Waals surface area contributed by atoms with E-state index >= 15 is 0 Å². The Labute approximate surface area is 255 Å². The number of anilines is 3. The zero-order chi connectivity index (χ0) is 29.6. The van der Waals surface area contributed by atoms with Gasteiger partial charge in [-0.1, -0.05) is 91.0 Å². The van der Waals surface area contributed by atoms with Crippen LogP contribution in [0.25, 0.3) is 38.7 Å². The molecule has 4 nitrogen and oxygen atoms in total. The molecular weight excluding hydrogens is 540 g/mol. The molecule has 0 radical (unpaired) electrons. The quantitative estimate of drug-likeness (QED) is 0.208. The molecule has 1 aliphatic rings. The lowest BCUT2D eigenvalue weighted by Crippen LogP contribution is -2.19. The van der Waals surface area contributed by atoms with Crippen LogP contribution >= 0.6 is 0 Å². The van der Waals surface area contributed by atoms with Crippen LogP contribution in [0.3, 0.4) is 0 Å². The topological polar surface area (TPSA) is 34.5 Å². The molecule has 8 rings (SSSR count). The maximum Gasteiger partial charge on any atom is 0.262 e. The third-order valence-corrected chi connectivity index (χ3v) is 8.36. The van der Waals surface area contributed by atoms with Gasteiger partial charge in [0.2, 0.25) is 0 Å². The molecule has 1 aliphatic heterocycles. The highest BCUT2D eigenvalue weighted by Crippen LogP contribution is 2.50. The van der Waals surface area contributed by atoms with Gasteiger partial charge in [0.05, 0.1) is 11.4 Å².